The van der Waals surface area contributed by atoms with Crippen molar-refractivity contribution in [1.29, 1.82) is 0 Å². The third kappa shape index (κ3) is 3.90. The van der Waals surface area contributed by atoms with Gasteiger partial charge in [-0.2, -0.15) is 0 Å². The second-order valence-electron chi connectivity index (χ2n) is 9.40. The van der Waals surface area contributed by atoms with Crippen LogP contribution in [0.1, 0.15) is 52.4 Å². The summed E-state index contributed by atoms with van der Waals surface area (Å²) in [6, 6.07) is 6.28. The normalized spacial score (nSPS) is 31.2. The molecular formula is C23H30N2O2S2. The first-order chi connectivity index (χ1) is 14.0. The molecule has 1 aromatic heterocycles. The van der Waals surface area contributed by atoms with Crippen molar-refractivity contribution in [2.45, 2.75) is 62.8 Å². The fraction of sp³-hybridized carbons (Fsp3) is 0.652. The maximum absolute atomic E-state index is 12.7. The Bertz CT molecular complexity index is 874. The molecular weight excluding hydrogens is 400 g/mol. The number of thioether (sulfide) groups is 1. The Labute approximate surface area is 181 Å². The molecule has 0 spiro atoms. The van der Waals surface area contributed by atoms with Crippen LogP contribution in [0, 0.1) is 23.2 Å². The maximum atomic E-state index is 12.7. The van der Waals surface area contributed by atoms with Gasteiger partial charge in [0.25, 0.3) is 0 Å². The number of hydrogen-bond acceptors (Lipinski definition) is 5. The molecule has 156 valence electrons. The van der Waals surface area contributed by atoms with Gasteiger partial charge in [-0.15, -0.1) is 11.3 Å². The van der Waals surface area contributed by atoms with Crippen LogP contribution in [-0.2, 0) is 4.79 Å². The number of aromatic nitrogens is 1. The monoisotopic (exact) mass is 430 g/mol. The summed E-state index contributed by atoms with van der Waals surface area (Å²) >= 11 is 3.18. The SMILES string of the molecule is CCOc1ccc2nc(SCC(=O)N[C@H](C)C34CC5CC(CC(C5)C3)C4)sc2c1. The molecule has 1 aromatic carbocycles. The van der Waals surface area contributed by atoms with Crippen LogP contribution in [0.5, 0.6) is 5.75 Å². The minimum atomic E-state index is 0.146. The standard InChI is InChI=1S/C23H30N2O2S2/c1-3-27-18-4-5-19-20(9-18)29-22(25-19)28-13-21(26)24-14(2)23-10-15-6-16(11-23)8-17(7-15)12-23/h4-5,9,14-17H,3,6-8,10-13H2,1-2H3,(H,24,26)/t14-,15?,16?,17?,23?/m1/s1. The van der Waals surface area contributed by atoms with Gasteiger partial charge in [-0.1, -0.05) is 11.8 Å². The van der Waals surface area contributed by atoms with Crippen LogP contribution in [0.4, 0.5) is 0 Å². The van der Waals surface area contributed by atoms with E-state index in [2.05, 4.69) is 17.2 Å². The van der Waals surface area contributed by atoms with E-state index in [0.29, 0.717) is 17.8 Å². The number of carbonyl (C=O) groups excluding carboxylic acids is 1. The van der Waals surface area contributed by atoms with Crippen LogP contribution >= 0.6 is 23.1 Å². The van der Waals surface area contributed by atoms with E-state index in [9.17, 15) is 4.79 Å². The number of fused-ring (bicyclic) bond motifs is 1. The molecule has 2 aromatic rings. The van der Waals surface area contributed by atoms with E-state index in [1.54, 1.807) is 23.1 Å². The van der Waals surface area contributed by atoms with Gasteiger partial charge in [0.15, 0.2) is 4.34 Å². The first-order valence-corrected chi connectivity index (χ1v) is 12.8. The van der Waals surface area contributed by atoms with Crippen LogP contribution in [0.15, 0.2) is 22.5 Å². The average molecular weight is 431 g/mol. The predicted octanol–water partition coefficient (Wildman–Crippen LogP) is 5.51. The molecule has 4 fully saturated rings. The van der Waals surface area contributed by atoms with Crippen molar-refractivity contribution >= 4 is 39.2 Å². The Hall–Kier alpha value is -1.27. The van der Waals surface area contributed by atoms with Crippen molar-refractivity contribution in [3.05, 3.63) is 18.2 Å². The number of ether oxygens (including phenoxy) is 1. The van der Waals surface area contributed by atoms with Gasteiger partial charge in [0.1, 0.15) is 5.75 Å². The minimum Gasteiger partial charge on any atom is -0.494 e. The molecule has 4 nitrogen and oxygen atoms in total. The van der Waals surface area contributed by atoms with Crippen molar-refractivity contribution < 1.29 is 9.53 Å². The van der Waals surface area contributed by atoms with E-state index in [4.69, 9.17) is 4.74 Å². The summed E-state index contributed by atoms with van der Waals surface area (Å²) in [6.07, 6.45) is 8.31. The Morgan fingerprint density at radius 3 is 2.62 bits per heavy atom. The van der Waals surface area contributed by atoms with Crippen molar-refractivity contribution in [3.63, 3.8) is 0 Å². The van der Waals surface area contributed by atoms with Gasteiger partial charge in [0.05, 0.1) is 22.6 Å². The highest BCUT2D eigenvalue weighted by Gasteiger charge is 2.53. The van der Waals surface area contributed by atoms with Gasteiger partial charge in [0, 0.05) is 6.04 Å². The number of nitrogens with one attached hydrogen (secondary N) is 1. The zero-order valence-electron chi connectivity index (χ0n) is 17.3. The Morgan fingerprint density at radius 1 is 1.28 bits per heavy atom. The lowest BCUT2D eigenvalue weighted by Gasteiger charge is -2.59. The molecule has 1 amide bonds. The van der Waals surface area contributed by atoms with Gasteiger partial charge in [-0.3, -0.25) is 4.79 Å². The summed E-state index contributed by atoms with van der Waals surface area (Å²) in [5.74, 6) is 4.21. The number of benzene rings is 1. The Kier molecular flexibility index (Phi) is 5.27. The molecule has 1 atom stereocenters. The molecule has 4 aliphatic rings. The fourth-order valence-electron chi connectivity index (χ4n) is 6.47. The molecule has 0 unspecified atom stereocenters. The third-order valence-electron chi connectivity index (χ3n) is 7.36. The second kappa shape index (κ2) is 7.77. The quantitative estimate of drug-likeness (QED) is 0.589. The molecule has 0 radical (unpaired) electrons. The van der Waals surface area contributed by atoms with Crippen LogP contribution in [-0.4, -0.2) is 29.3 Å². The van der Waals surface area contributed by atoms with Crippen LogP contribution in [0.2, 0.25) is 0 Å². The molecule has 4 saturated carbocycles. The van der Waals surface area contributed by atoms with E-state index in [1.807, 2.05) is 25.1 Å². The summed E-state index contributed by atoms with van der Waals surface area (Å²) in [7, 11) is 0. The zero-order valence-corrected chi connectivity index (χ0v) is 18.9. The molecule has 0 saturated heterocycles. The number of carbonyl (C=O) groups is 1. The molecule has 1 N–H and O–H groups in total. The van der Waals surface area contributed by atoms with Gasteiger partial charge in [0.2, 0.25) is 5.91 Å². The number of nitrogens with zero attached hydrogens (tertiary/aromatic N) is 1. The van der Waals surface area contributed by atoms with E-state index in [0.717, 1.165) is 38.1 Å². The van der Waals surface area contributed by atoms with Crippen molar-refractivity contribution in [1.82, 2.24) is 10.3 Å². The maximum Gasteiger partial charge on any atom is 0.230 e. The van der Waals surface area contributed by atoms with Crippen molar-refractivity contribution in [2.75, 3.05) is 12.4 Å². The molecule has 6 rings (SSSR count). The van der Waals surface area contributed by atoms with Crippen molar-refractivity contribution in [3.8, 4) is 5.75 Å². The third-order valence-corrected chi connectivity index (χ3v) is 9.52. The molecule has 6 heteroatoms. The molecule has 29 heavy (non-hydrogen) atoms. The van der Waals surface area contributed by atoms with Gasteiger partial charge < -0.3 is 10.1 Å². The summed E-state index contributed by atoms with van der Waals surface area (Å²) in [5, 5.41) is 3.36. The zero-order chi connectivity index (χ0) is 20.0. The fourth-order valence-corrected chi connectivity index (χ4v) is 8.38. The number of rotatable bonds is 7. The van der Waals surface area contributed by atoms with Crippen molar-refractivity contribution in [2.24, 2.45) is 23.2 Å². The smallest absolute Gasteiger partial charge is 0.230 e. The van der Waals surface area contributed by atoms with Crippen LogP contribution < -0.4 is 10.1 Å². The van der Waals surface area contributed by atoms with E-state index >= 15 is 0 Å². The number of amides is 1. The lowest BCUT2D eigenvalue weighted by atomic mass is 9.48. The largest absolute Gasteiger partial charge is 0.494 e. The first-order valence-electron chi connectivity index (χ1n) is 11.0. The number of hydrogen-bond donors (Lipinski definition) is 1. The second-order valence-corrected chi connectivity index (χ2v) is 11.7. The van der Waals surface area contributed by atoms with Crippen LogP contribution in [0.3, 0.4) is 0 Å². The Balaban J connectivity index is 1.19. The van der Waals surface area contributed by atoms with E-state index < -0.39 is 0 Å². The molecule has 4 aliphatic carbocycles. The summed E-state index contributed by atoms with van der Waals surface area (Å²) in [4.78, 5) is 17.4. The van der Waals surface area contributed by atoms with Gasteiger partial charge in [-0.25, -0.2) is 4.98 Å². The lowest BCUT2D eigenvalue weighted by Crippen LogP contribution is -2.56. The number of thiazole rings is 1. The molecule has 0 aliphatic heterocycles. The highest BCUT2D eigenvalue weighted by Crippen LogP contribution is 2.61. The Morgan fingerprint density at radius 2 is 1.97 bits per heavy atom. The summed E-state index contributed by atoms with van der Waals surface area (Å²) in [5.41, 5.74) is 1.34. The average Bonchev–Trinajstić information content (AvgIpc) is 3.08. The summed E-state index contributed by atoms with van der Waals surface area (Å²) < 4.78 is 7.64. The van der Waals surface area contributed by atoms with E-state index in [-0.39, 0.29) is 11.9 Å². The molecule has 1 heterocycles. The van der Waals surface area contributed by atoms with E-state index in [1.165, 1.54) is 38.5 Å². The topological polar surface area (TPSA) is 51.2 Å². The summed E-state index contributed by atoms with van der Waals surface area (Å²) in [6.45, 7) is 4.90. The minimum absolute atomic E-state index is 0.146. The molecule has 4 bridgehead atoms. The highest BCUT2D eigenvalue weighted by atomic mass is 32.2. The van der Waals surface area contributed by atoms with Crippen LogP contribution in [0.25, 0.3) is 10.2 Å². The highest BCUT2D eigenvalue weighted by molar-refractivity contribution is 8.01. The van der Waals surface area contributed by atoms with Gasteiger partial charge in [-0.05, 0) is 93.7 Å². The van der Waals surface area contributed by atoms with Gasteiger partial charge >= 0.3 is 0 Å². The first kappa shape index (κ1) is 19.7. The predicted molar refractivity (Wildman–Crippen MR) is 120 cm³/mol. The lowest BCUT2D eigenvalue weighted by molar-refractivity contribution is -0.123.